The molecule has 5 nitrogen and oxygen atoms in total. The van der Waals surface area contributed by atoms with Gasteiger partial charge in [0.2, 0.25) is 5.91 Å². The van der Waals surface area contributed by atoms with Gasteiger partial charge in [0.05, 0.1) is 5.69 Å². The summed E-state index contributed by atoms with van der Waals surface area (Å²) in [5, 5.41) is 8.08. The Bertz CT molecular complexity index is 732. The van der Waals surface area contributed by atoms with Gasteiger partial charge in [-0.05, 0) is 19.1 Å². The highest BCUT2D eigenvalue weighted by molar-refractivity contribution is 7.13. The Morgan fingerprint density at radius 2 is 2.00 bits per heavy atom. The van der Waals surface area contributed by atoms with Crippen LogP contribution in [0.2, 0.25) is 0 Å². The van der Waals surface area contributed by atoms with E-state index < -0.39 is 0 Å². The van der Waals surface area contributed by atoms with Crippen molar-refractivity contribution in [3.63, 3.8) is 0 Å². The second kappa shape index (κ2) is 7.57. The summed E-state index contributed by atoms with van der Waals surface area (Å²) in [6.07, 6.45) is 0.210. The molecule has 0 saturated carbocycles. The van der Waals surface area contributed by atoms with Crippen LogP contribution in [-0.2, 0) is 10.2 Å². The van der Waals surface area contributed by atoms with Gasteiger partial charge in [0, 0.05) is 29.3 Å². The first-order valence-electron chi connectivity index (χ1n) is 7.86. The average molecular weight is 345 g/mol. The highest BCUT2D eigenvalue weighted by Crippen LogP contribution is 2.26. The first-order valence-corrected chi connectivity index (χ1v) is 8.74. The Morgan fingerprint density at radius 3 is 2.62 bits per heavy atom. The zero-order valence-electron chi connectivity index (χ0n) is 14.5. The molecule has 0 fully saturated rings. The summed E-state index contributed by atoms with van der Waals surface area (Å²) in [5.74, 6) is -0.329. The number of hydrogen-bond donors (Lipinski definition) is 2. The summed E-state index contributed by atoms with van der Waals surface area (Å²) in [6, 6.07) is 7.35. The van der Waals surface area contributed by atoms with Crippen molar-refractivity contribution < 1.29 is 9.59 Å². The number of thiazole rings is 1. The fraction of sp³-hybridized carbons (Fsp3) is 0.389. The van der Waals surface area contributed by atoms with Gasteiger partial charge in [0.1, 0.15) is 0 Å². The molecule has 0 radical (unpaired) electrons. The minimum Gasteiger partial charge on any atom is -0.352 e. The molecule has 24 heavy (non-hydrogen) atoms. The minimum atomic E-state index is -0.171. The van der Waals surface area contributed by atoms with Crippen LogP contribution in [-0.4, -0.2) is 23.3 Å². The molecule has 128 valence electrons. The summed E-state index contributed by atoms with van der Waals surface area (Å²) in [6.45, 7) is 8.46. The van der Waals surface area contributed by atoms with Crippen LogP contribution in [0.4, 0.5) is 5.13 Å². The monoisotopic (exact) mass is 345 g/mol. The van der Waals surface area contributed by atoms with Crippen molar-refractivity contribution in [3.05, 3.63) is 46.5 Å². The van der Waals surface area contributed by atoms with Gasteiger partial charge in [0.15, 0.2) is 5.13 Å². The molecule has 2 amide bonds. The third-order valence-corrected chi connectivity index (χ3v) is 4.19. The Kier molecular flexibility index (Phi) is 5.72. The topological polar surface area (TPSA) is 71.1 Å². The van der Waals surface area contributed by atoms with Crippen molar-refractivity contribution in [3.8, 4) is 0 Å². The van der Waals surface area contributed by atoms with Crippen LogP contribution in [0, 0.1) is 6.92 Å². The Morgan fingerprint density at radius 1 is 1.25 bits per heavy atom. The molecule has 2 aromatic rings. The molecule has 0 aliphatic rings. The molecule has 1 aromatic heterocycles. The molecular formula is C18H23N3O2S. The summed E-state index contributed by atoms with van der Waals surface area (Å²) in [4.78, 5) is 28.4. The van der Waals surface area contributed by atoms with Crippen molar-refractivity contribution in [1.82, 2.24) is 10.3 Å². The van der Waals surface area contributed by atoms with E-state index in [0.29, 0.717) is 10.7 Å². The number of carbonyl (C=O) groups is 2. The SMILES string of the molecule is Cc1cccc(C(=O)NCCC(=O)Nc2nc(C(C)(C)C)cs2)c1. The predicted molar refractivity (Wildman–Crippen MR) is 97.6 cm³/mol. The van der Waals surface area contributed by atoms with Crippen LogP contribution >= 0.6 is 11.3 Å². The normalized spacial score (nSPS) is 11.2. The number of anilines is 1. The van der Waals surface area contributed by atoms with Crippen molar-refractivity contribution in [2.45, 2.75) is 39.5 Å². The lowest BCUT2D eigenvalue weighted by Gasteiger charge is -2.14. The Hall–Kier alpha value is -2.21. The quantitative estimate of drug-likeness (QED) is 0.871. The van der Waals surface area contributed by atoms with E-state index in [1.807, 2.05) is 30.5 Å². The molecular weight excluding hydrogens is 322 g/mol. The number of rotatable bonds is 5. The van der Waals surface area contributed by atoms with E-state index in [1.165, 1.54) is 11.3 Å². The third kappa shape index (κ3) is 5.16. The van der Waals surface area contributed by atoms with Crippen LogP contribution in [0.25, 0.3) is 0 Å². The van der Waals surface area contributed by atoms with Gasteiger partial charge in [-0.15, -0.1) is 11.3 Å². The number of aromatic nitrogens is 1. The molecule has 1 heterocycles. The molecule has 0 bridgehead atoms. The lowest BCUT2D eigenvalue weighted by molar-refractivity contribution is -0.116. The van der Waals surface area contributed by atoms with Gasteiger partial charge >= 0.3 is 0 Å². The first-order chi connectivity index (χ1) is 11.3. The lowest BCUT2D eigenvalue weighted by Crippen LogP contribution is -2.27. The molecule has 0 saturated heterocycles. The average Bonchev–Trinajstić information content (AvgIpc) is 2.95. The number of nitrogens with one attached hydrogen (secondary N) is 2. The lowest BCUT2D eigenvalue weighted by atomic mass is 9.93. The maximum absolute atomic E-state index is 12.0. The maximum atomic E-state index is 12.0. The summed E-state index contributed by atoms with van der Waals surface area (Å²) >= 11 is 1.41. The molecule has 0 aliphatic heterocycles. The second-order valence-corrected chi connectivity index (χ2v) is 7.57. The number of amides is 2. The van der Waals surface area contributed by atoms with Gasteiger partial charge in [-0.3, -0.25) is 9.59 Å². The zero-order chi connectivity index (χ0) is 17.7. The molecule has 2 N–H and O–H groups in total. The molecule has 0 spiro atoms. The number of hydrogen-bond acceptors (Lipinski definition) is 4. The van der Waals surface area contributed by atoms with E-state index in [0.717, 1.165) is 11.3 Å². The highest BCUT2D eigenvalue weighted by Gasteiger charge is 2.18. The molecule has 1 aromatic carbocycles. The highest BCUT2D eigenvalue weighted by atomic mass is 32.1. The fourth-order valence-electron chi connectivity index (χ4n) is 2.04. The van der Waals surface area contributed by atoms with E-state index in [9.17, 15) is 9.59 Å². The molecule has 0 unspecified atom stereocenters. The summed E-state index contributed by atoms with van der Waals surface area (Å²) < 4.78 is 0. The molecule has 0 atom stereocenters. The number of benzene rings is 1. The number of nitrogens with zero attached hydrogens (tertiary/aromatic N) is 1. The van der Waals surface area contributed by atoms with Crippen LogP contribution in [0.3, 0.4) is 0 Å². The van der Waals surface area contributed by atoms with Gasteiger partial charge in [-0.2, -0.15) is 0 Å². The standard InChI is InChI=1S/C18H23N3O2S/c1-12-6-5-7-13(10-12)16(23)19-9-8-15(22)21-17-20-14(11-24-17)18(2,3)4/h5-7,10-11H,8-9H2,1-4H3,(H,19,23)(H,20,21,22). The van der Waals surface area contributed by atoms with Gasteiger partial charge < -0.3 is 10.6 Å². The number of aryl methyl sites for hydroxylation is 1. The molecule has 6 heteroatoms. The van der Waals surface area contributed by atoms with E-state index in [1.54, 1.807) is 6.07 Å². The largest absolute Gasteiger partial charge is 0.352 e. The minimum absolute atomic E-state index is 0.0404. The van der Waals surface area contributed by atoms with Crippen molar-refractivity contribution in [2.75, 3.05) is 11.9 Å². The zero-order valence-corrected chi connectivity index (χ0v) is 15.3. The fourth-order valence-corrected chi connectivity index (χ4v) is 2.99. The molecule has 2 rings (SSSR count). The Labute approximate surface area is 146 Å². The van der Waals surface area contributed by atoms with Gasteiger partial charge in [-0.25, -0.2) is 4.98 Å². The van der Waals surface area contributed by atoms with Crippen LogP contribution in [0.5, 0.6) is 0 Å². The van der Waals surface area contributed by atoms with Crippen molar-refractivity contribution in [2.24, 2.45) is 0 Å². The number of carbonyl (C=O) groups excluding carboxylic acids is 2. The van der Waals surface area contributed by atoms with Crippen LogP contribution in [0.15, 0.2) is 29.6 Å². The predicted octanol–water partition coefficient (Wildman–Crippen LogP) is 3.51. The third-order valence-electron chi connectivity index (χ3n) is 3.44. The van der Waals surface area contributed by atoms with Gasteiger partial charge in [0.25, 0.3) is 5.91 Å². The van der Waals surface area contributed by atoms with E-state index in [2.05, 4.69) is 36.4 Å². The summed E-state index contributed by atoms with van der Waals surface area (Å²) in [5.41, 5.74) is 2.54. The first kappa shape index (κ1) is 18.1. The maximum Gasteiger partial charge on any atom is 0.251 e. The molecule has 0 aliphatic carbocycles. The Balaban J connectivity index is 1.79. The van der Waals surface area contributed by atoms with E-state index in [4.69, 9.17) is 0 Å². The van der Waals surface area contributed by atoms with E-state index in [-0.39, 0.29) is 30.2 Å². The second-order valence-electron chi connectivity index (χ2n) is 6.71. The van der Waals surface area contributed by atoms with E-state index >= 15 is 0 Å². The van der Waals surface area contributed by atoms with Gasteiger partial charge in [-0.1, -0.05) is 38.5 Å². The van der Waals surface area contributed by atoms with Crippen LogP contribution in [0.1, 0.15) is 48.8 Å². The summed E-state index contributed by atoms with van der Waals surface area (Å²) in [7, 11) is 0. The smallest absolute Gasteiger partial charge is 0.251 e. The van der Waals surface area contributed by atoms with Crippen LogP contribution < -0.4 is 10.6 Å². The van der Waals surface area contributed by atoms with Crippen molar-refractivity contribution >= 4 is 28.3 Å². The van der Waals surface area contributed by atoms with Crippen molar-refractivity contribution in [1.29, 1.82) is 0 Å².